The minimum atomic E-state index is -1.17. The SMILES string of the molecule is Cc1nnc(SCC2=C(C(=O)O)N3C(=O)C(NC(=O)NC(N)c4ccccc4)[C@@H]3SC2)s1. The molecule has 0 radical (unpaired) electrons. The number of β-lactam (4-membered cyclic amide) rings is 1. The van der Waals surface area contributed by atoms with E-state index >= 15 is 0 Å². The second-order valence-electron chi connectivity index (χ2n) is 7.03. The van der Waals surface area contributed by atoms with E-state index in [2.05, 4.69) is 20.8 Å². The van der Waals surface area contributed by atoms with Crippen molar-refractivity contribution in [3.63, 3.8) is 0 Å². The smallest absolute Gasteiger partial charge is 0.352 e. The van der Waals surface area contributed by atoms with E-state index in [0.29, 0.717) is 17.1 Å². The first kappa shape index (κ1) is 22.6. The Kier molecular flexibility index (Phi) is 6.69. The first-order valence-electron chi connectivity index (χ1n) is 9.55. The third-order valence-corrected chi connectivity index (χ3v) is 8.26. The van der Waals surface area contributed by atoms with Crippen LogP contribution in [0.5, 0.6) is 0 Å². The molecule has 1 saturated heterocycles. The maximum absolute atomic E-state index is 12.7. The summed E-state index contributed by atoms with van der Waals surface area (Å²) >= 11 is 4.24. The standard InChI is InChI=1S/C19H20N6O4S3/c1-9-23-24-19(32-9)31-8-11-7-30-16-12(15(26)25(16)13(11)17(27)28)21-18(29)22-14(20)10-5-3-2-4-6-10/h2-6,12,14,16H,7-8,20H2,1H3,(H,27,28)(H2,21,22,29)/t12?,14?,16-/m0/s1. The number of carboxylic acid groups (broad SMARTS) is 1. The first-order chi connectivity index (χ1) is 15.3. The van der Waals surface area contributed by atoms with Gasteiger partial charge < -0.3 is 21.5 Å². The maximum Gasteiger partial charge on any atom is 0.352 e. The van der Waals surface area contributed by atoms with Gasteiger partial charge in [0.1, 0.15) is 28.3 Å². The highest BCUT2D eigenvalue weighted by Gasteiger charge is 2.54. The average molecular weight is 493 g/mol. The molecule has 4 rings (SSSR count). The summed E-state index contributed by atoms with van der Waals surface area (Å²) in [5.74, 6) is -0.798. The number of fused-ring (bicyclic) bond motifs is 1. The molecule has 32 heavy (non-hydrogen) atoms. The van der Waals surface area contributed by atoms with Crippen LogP contribution in [0.15, 0.2) is 45.9 Å². The topological polar surface area (TPSA) is 151 Å². The largest absolute Gasteiger partial charge is 0.477 e. The minimum Gasteiger partial charge on any atom is -0.477 e. The van der Waals surface area contributed by atoms with Crippen LogP contribution in [0.1, 0.15) is 16.7 Å². The molecule has 1 fully saturated rings. The van der Waals surface area contributed by atoms with Crippen LogP contribution in [0.4, 0.5) is 4.79 Å². The molecule has 2 aliphatic heterocycles. The lowest BCUT2D eigenvalue weighted by atomic mass is 10.0. The summed E-state index contributed by atoms with van der Waals surface area (Å²) in [5.41, 5.74) is 7.33. The van der Waals surface area contributed by atoms with Crippen molar-refractivity contribution in [2.24, 2.45) is 5.73 Å². The number of rotatable bonds is 7. The van der Waals surface area contributed by atoms with E-state index < -0.39 is 35.5 Å². The normalized spacial score (nSPS) is 20.9. The zero-order valence-electron chi connectivity index (χ0n) is 16.8. The number of carboxylic acids is 1. The summed E-state index contributed by atoms with van der Waals surface area (Å²) in [6.07, 6.45) is -0.733. The molecule has 2 unspecified atom stereocenters. The molecule has 10 nitrogen and oxygen atoms in total. The average Bonchev–Trinajstić information content (AvgIpc) is 3.20. The number of carbonyl (C=O) groups excluding carboxylic acids is 2. The Hall–Kier alpha value is -2.61. The third kappa shape index (κ3) is 4.60. The number of carbonyl (C=O) groups is 3. The second kappa shape index (κ2) is 9.48. The molecule has 1 aromatic carbocycles. The molecule has 0 aliphatic carbocycles. The van der Waals surface area contributed by atoms with Gasteiger partial charge in [0.05, 0.1) is 0 Å². The molecular formula is C19H20N6O4S3. The number of nitrogens with two attached hydrogens (primary N) is 1. The molecule has 2 aromatic rings. The Bertz CT molecular complexity index is 1080. The Morgan fingerprint density at radius 1 is 1.34 bits per heavy atom. The van der Waals surface area contributed by atoms with Gasteiger partial charge in [0.2, 0.25) is 0 Å². The van der Waals surface area contributed by atoms with Crippen molar-refractivity contribution >= 4 is 52.8 Å². The van der Waals surface area contributed by atoms with Gasteiger partial charge >= 0.3 is 12.0 Å². The zero-order valence-corrected chi connectivity index (χ0v) is 19.3. The van der Waals surface area contributed by atoms with Gasteiger partial charge in [-0.2, -0.15) is 0 Å². The van der Waals surface area contributed by atoms with Crippen LogP contribution < -0.4 is 16.4 Å². The number of aromatic nitrogens is 2. The van der Waals surface area contributed by atoms with E-state index in [1.165, 1.54) is 39.8 Å². The first-order valence-corrected chi connectivity index (χ1v) is 12.4. The number of urea groups is 1. The van der Waals surface area contributed by atoms with Crippen LogP contribution in [0.3, 0.4) is 0 Å². The number of benzene rings is 1. The summed E-state index contributed by atoms with van der Waals surface area (Å²) in [6.45, 7) is 1.85. The van der Waals surface area contributed by atoms with E-state index in [9.17, 15) is 19.5 Å². The van der Waals surface area contributed by atoms with Crippen molar-refractivity contribution in [1.82, 2.24) is 25.7 Å². The molecule has 1 aromatic heterocycles. The summed E-state index contributed by atoms with van der Waals surface area (Å²) < 4.78 is 0.743. The van der Waals surface area contributed by atoms with Crippen LogP contribution in [0, 0.1) is 6.92 Å². The lowest BCUT2D eigenvalue weighted by Gasteiger charge is -2.49. The maximum atomic E-state index is 12.7. The van der Waals surface area contributed by atoms with Crippen LogP contribution in [-0.4, -0.2) is 61.0 Å². The zero-order chi connectivity index (χ0) is 22.8. The number of thioether (sulfide) groups is 2. The number of aliphatic carboxylic acids is 1. The molecular weight excluding hydrogens is 472 g/mol. The van der Waals surface area contributed by atoms with E-state index in [1.54, 1.807) is 12.1 Å². The van der Waals surface area contributed by atoms with Crippen molar-refractivity contribution in [1.29, 1.82) is 0 Å². The second-order valence-corrected chi connectivity index (χ2v) is 10.5. The van der Waals surface area contributed by atoms with E-state index in [0.717, 1.165) is 14.9 Å². The summed E-state index contributed by atoms with van der Waals surface area (Å²) in [7, 11) is 0. The van der Waals surface area contributed by atoms with Gasteiger partial charge in [-0.3, -0.25) is 9.69 Å². The van der Waals surface area contributed by atoms with Crippen molar-refractivity contribution in [3.8, 4) is 0 Å². The van der Waals surface area contributed by atoms with Gasteiger partial charge in [0.15, 0.2) is 4.34 Å². The fraction of sp³-hybridized carbons (Fsp3) is 0.316. The number of hydrogen-bond acceptors (Lipinski definition) is 9. The van der Waals surface area contributed by atoms with Crippen molar-refractivity contribution in [2.75, 3.05) is 11.5 Å². The number of nitrogens with one attached hydrogen (secondary N) is 2. The molecule has 0 spiro atoms. The highest BCUT2D eigenvalue weighted by atomic mass is 32.2. The Morgan fingerprint density at radius 2 is 2.09 bits per heavy atom. The predicted octanol–water partition coefficient (Wildman–Crippen LogP) is 1.52. The van der Waals surface area contributed by atoms with Crippen molar-refractivity contribution in [2.45, 2.75) is 28.8 Å². The molecule has 13 heteroatoms. The summed E-state index contributed by atoms with van der Waals surface area (Å²) in [4.78, 5) is 38.3. The predicted molar refractivity (Wildman–Crippen MR) is 122 cm³/mol. The number of nitrogens with zero attached hydrogens (tertiary/aromatic N) is 3. The van der Waals surface area contributed by atoms with Gasteiger partial charge in [-0.1, -0.05) is 53.4 Å². The van der Waals surface area contributed by atoms with E-state index in [1.807, 2.05) is 25.1 Å². The summed E-state index contributed by atoms with van der Waals surface area (Å²) in [5, 5.41) is 23.3. The molecule has 3 heterocycles. The van der Waals surface area contributed by atoms with Crippen LogP contribution in [0.2, 0.25) is 0 Å². The van der Waals surface area contributed by atoms with Crippen LogP contribution in [0.25, 0.3) is 0 Å². The highest BCUT2D eigenvalue weighted by molar-refractivity contribution is 8.01. The lowest BCUT2D eigenvalue weighted by molar-refractivity contribution is -0.148. The van der Waals surface area contributed by atoms with Gasteiger partial charge in [-0.15, -0.1) is 22.0 Å². The van der Waals surface area contributed by atoms with Gasteiger partial charge in [0.25, 0.3) is 5.91 Å². The third-order valence-electron chi connectivity index (χ3n) is 4.86. The Morgan fingerprint density at radius 3 is 2.75 bits per heavy atom. The van der Waals surface area contributed by atoms with Gasteiger partial charge in [0, 0.05) is 11.5 Å². The molecule has 168 valence electrons. The molecule has 0 bridgehead atoms. The van der Waals surface area contributed by atoms with Gasteiger partial charge in [-0.05, 0) is 18.1 Å². The van der Waals surface area contributed by atoms with Crippen molar-refractivity contribution < 1.29 is 19.5 Å². The lowest BCUT2D eigenvalue weighted by Crippen LogP contribution is -2.71. The molecule has 3 amide bonds. The molecule has 0 saturated carbocycles. The molecule has 3 atom stereocenters. The quantitative estimate of drug-likeness (QED) is 0.256. The Labute approximate surface area is 196 Å². The Balaban J connectivity index is 1.40. The van der Waals surface area contributed by atoms with E-state index in [4.69, 9.17) is 5.73 Å². The van der Waals surface area contributed by atoms with Gasteiger partial charge in [-0.25, -0.2) is 9.59 Å². The van der Waals surface area contributed by atoms with Crippen molar-refractivity contribution in [3.05, 3.63) is 52.2 Å². The highest BCUT2D eigenvalue weighted by Crippen LogP contribution is 2.41. The number of aryl methyl sites for hydroxylation is 1. The van der Waals surface area contributed by atoms with Crippen LogP contribution in [-0.2, 0) is 9.59 Å². The monoisotopic (exact) mass is 492 g/mol. The fourth-order valence-electron chi connectivity index (χ4n) is 3.35. The van der Waals surface area contributed by atoms with E-state index in [-0.39, 0.29) is 5.70 Å². The summed E-state index contributed by atoms with van der Waals surface area (Å²) in [6, 6.07) is 7.61. The molecule has 2 aliphatic rings. The molecule has 5 N–H and O–H groups in total. The minimum absolute atomic E-state index is 0.0214. The number of amides is 3. The van der Waals surface area contributed by atoms with Crippen LogP contribution >= 0.6 is 34.9 Å². The fourth-order valence-corrected chi connectivity index (χ4v) is 6.65. The number of hydrogen-bond donors (Lipinski definition) is 4.